The van der Waals surface area contributed by atoms with Gasteiger partial charge in [-0.3, -0.25) is 4.79 Å². The number of nitrogens with zero attached hydrogens (tertiary/aromatic N) is 2. The first-order valence-electron chi connectivity index (χ1n) is 12.7. The lowest BCUT2D eigenvalue weighted by atomic mass is 9.94. The maximum Gasteiger partial charge on any atom is 0.343 e. The summed E-state index contributed by atoms with van der Waals surface area (Å²) in [5.41, 5.74) is 0.391. The van der Waals surface area contributed by atoms with Crippen LogP contribution < -0.4 is 9.47 Å². The van der Waals surface area contributed by atoms with Crippen molar-refractivity contribution in [2.75, 3.05) is 40.6 Å². The van der Waals surface area contributed by atoms with Crippen molar-refractivity contribution in [2.45, 2.75) is 43.9 Å². The SMILES string of the molecule is COc1cc(C(C)C)c2c(c1)S(=O)(=O)N(COC(=O)c1c(Cl)ccc(OCCC3CCN(C)CC3)c1Cl)C2=O.Cl. The molecule has 2 aliphatic heterocycles. The molecule has 0 atom stereocenters. The highest BCUT2D eigenvalue weighted by molar-refractivity contribution is 7.90. The lowest BCUT2D eigenvalue weighted by molar-refractivity contribution is 0.0357. The fraction of sp³-hybridized carbons (Fsp3) is 0.481. The second-order valence-corrected chi connectivity index (χ2v) is 12.7. The highest BCUT2D eigenvalue weighted by atomic mass is 35.5. The summed E-state index contributed by atoms with van der Waals surface area (Å²) in [6.07, 6.45) is 3.05. The Morgan fingerprint density at radius 3 is 2.45 bits per heavy atom. The van der Waals surface area contributed by atoms with Crippen molar-refractivity contribution in [1.29, 1.82) is 0 Å². The zero-order valence-electron chi connectivity index (χ0n) is 22.7. The Balaban J connectivity index is 0.00000441. The first-order chi connectivity index (χ1) is 18.4. The van der Waals surface area contributed by atoms with Crippen LogP contribution in [0.4, 0.5) is 0 Å². The molecule has 0 bridgehead atoms. The van der Waals surface area contributed by atoms with E-state index in [1.165, 1.54) is 19.2 Å². The first-order valence-corrected chi connectivity index (χ1v) is 14.9. The molecule has 1 fully saturated rings. The van der Waals surface area contributed by atoms with Gasteiger partial charge in [0, 0.05) is 6.07 Å². The first kappa shape index (κ1) is 32.3. The largest absolute Gasteiger partial charge is 0.497 e. The zero-order chi connectivity index (χ0) is 28.5. The van der Waals surface area contributed by atoms with Crippen LogP contribution in [0.1, 0.15) is 65.3 Å². The summed E-state index contributed by atoms with van der Waals surface area (Å²) in [4.78, 5) is 28.3. The molecule has 2 aromatic carbocycles. The summed E-state index contributed by atoms with van der Waals surface area (Å²) >= 11 is 12.7. The number of carbonyl (C=O) groups is 2. The van der Waals surface area contributed by atoms with E-state index in [0.29, 0.717) is 28.1 Å². The van der Waals surface area contributed by atoms with Crippen LogP contribution in [0.5, 0.6) is 11.5 Å². The monoisotopic (exact) mass is 634 g/mol. The lowest BCUT2D eigenvalue weighted by Gasteiger charge is -2.28. The number of halogens is 3. The van der Waals surface area contributed by atoms with Gasteiger partial charge in [-0.15, -0.1) is 12.4 Å². The molecular weight excluding hydrogens is 603 g/mol. The van der Waals surface area contributed by atoms with Gasteiger partial charge in [0.05, 0.1) is 29.3 Å². The summed E-state index contributed by atoms with van der Waals surface area (Å²) in [6.45, 7) is 5.35. The Kier molecular flexibility index (Phi) is 10.6. The van der Waals surface area contributed by atoms with E-state index < -0.39 is 28.6 Å². The van der Waals surface area contributed by atoms with Crippen LogP contribution in [-0.2, 0) is 14.8 Å². The van der Waals surface area contributed by atoms with Crippen LogP contribution in [0.25, 0.3) is 0 Å². The van der Waals surface area contributed by atoms with Gasteiger partial charge in [0.1, 0.15) is 22.0 Å². The molecule has 220 valence electrons. The average Bonchev–Trinajstić information content (AvgIpc) is 3.09. The van der Waals surface area contributed by atoms with Crippen molar-refractivity contribution >= 4 is 57.5 Å². The van der Waals surface area contributed by atoms with Gasteiger partial charge in [0.25, 0.3) is 15.9 Å². The third-order valence-electron chi connectivity index (χ3n) is 7.17. The predicted octanol–water partition coefficient (Wildman–Crippen LogP) is 5.62. The molecule has 0 aromatic heterocycles. The van der Waals surface area contributed by atoms with Crippen molar-refractivity contribution in [3.63, 3.8) is 0 Å². The van der Waals surface area contributed by atoms with E-state index in [2.05, 4.69) is 11.9 Å². The molecule has 2 heterocycles. The fourth-order valence-corrected chi connectivity index (χ4v) is 6.85. The van der Waals surface area contributed by atoms with Crippen LogP contribution >= 0.6 is 35.6 Å². The number of esters is 1. The molecule has 1 amide bonds. The highest BCUT2D eigenvalue weighted by Crippen LogP contribution is 2.39. The topological polar surface area (TPSA) is 102 Å². The van der Waals surface area contributed by atoms with Crippen LogP contribution in [0.2, 0.25) is 10.0 Å². The molecule has 0 spiro atoms. The number of methoxy groups -OCH3 is 1. The molecule has 0 unspecified atom stereocenters. The molecule has 40 heavy (non-hydrogen) atoms. The third-order valence-corrected chi connectivity index (χ3v) is 9.59. The average molecular weight is 636 g/mol. The Morgan fingerprint density at radius 1 is 1.15 bits per heavy atom. The molecule has 1 saturated heterocycles. The number of ether oxygens (including phenoxy) is 3. The van der Waals surface area contributed by atoms with Crippen molar-refractivity contribution in [1.82, 2.24) is 9.21 Å². The van der Waals surface area contributed by atoms with E-state index >= 15 is 0 Å². The quantitative estimate of drug-likeness (QED) is 0.328. The van der Waals surface area contributed by atoms with Gasteiger partial charge in [0.2, 0.25) is 0 Å². The summed E-state index contributed by atoms with van der Waals surface area (Å²) in [5.74, 6) is -0.795. The van der Waals surface area contributed by atoms with Crippen LogP contribution in [-0.4, -0.2) is 70.1 Å². The Hall–Kier alpha value is -2.24. The van der Waals surface area contributed by atoms with Crippen molar-refractivity contribution in [2.24, 2.45) is 5.92 Å². The van der Waals surface area contributed by atoms with Crippen LogP contribution in [0, 0.1) is 5.92 Å². The number of hydrogen-bond acceptors (Lipinski definition) is 8. The highest BCUT2D eigenvalue weighted by Gasteiger charge is 2.44. The number of piperidine rings is 1. The smallest absolute Gasteiger partial charge is 0.343 e. The Labute approximate surface area is 251 Å². The molecule has 0 saturated carbocycles. The molecule has 0 radical (unpaired) electrons. The molecule has 2 aromatic rings. The standard InChI is InChI=1S/C27H32Cl2N2O7S.ClH/c1-16(2)19-13-18(36-4)14-22-23(19)26(32)31(39(22,34)35)15-38-27(33)24-20(28)5-6-21(25(24)29)37-12-9-17-7-10-30(3)11-8-17;/h5-6,13-14,16-17H,7-12,15H2,1-4H3;1H. The van der Waals surface area contributed by atoms with E-state index in [4.69, 9.17) is 37.4 Å². The summed E-state index contributed by atoms with van der Waals surface area (Å²) in [5, 5.41) is -0.0278. The molecule has 13 heteroatoms. The number of rotatable bonds is 9. The van der Waals surface area contributed by atoms with Gasteiger partial charge < -0.3 is 19.1 Å². The van der Waals surface area contributed by atoms with E-state index in [1.54, 1.807) is 12.1 Å². The number of carbonyl (C=O) groups excluding carboxylic acids is 2. The molecule has 4 rings (SSSR count). The number of sulfonamides is 1. The van der Waals surface area contributed by atoms with Gasteiger partial charge >= 0.3 is 5.97 Å². The normalized spacial score (nSPS) is 17.0. The fourth-order valence-electron chi connectivity index (χ4n) is 4.80. The number of hydrogen-bond donors (Lipinski definition) is 0. The van der Waals surface area contributed by atoms with Crippen LogP contribution in [0.3, 0.4) is 0 Å². The molecular formula is C27H33Cl3N2O7S. The maximum atomic E-state index is 13.2. The summed E-state index contributed by atoms with van der Waals surface area (Å²) < 4.78 is 43.3. The zero-order valence-corrected chi connectivity index (χ0v) is 25.9. The number of amides is 1. The number of benzene rings is 2. The van der Waals surface area contributed by atoms with Crippen molar-refractivity contribution in [3.05, 3.63) is 51.0 Å². The minimum atomic E-state index is -4.28. The van der Waals surface area contributed by atoms with Gasteiger partial charge in [0.15, 0.2) is 6.73 Å². The Morgan fingerprint density at radius 2 is 1.82 bits per heavy atom. The molecule has 2 aliphatic rings. The minimum absolute atomic E-state index is 0. The number of fused-ring (bicyclic) bond motifs is 1. The minimum Gasteiger partial charge on any atom is -0.497 e. The number of likely N-dealkylation sites (tertiary alicyclic amines) is 1. The predicted molar refractivity (Wildman–Crippen MR) is 155 cm³/mol. The second-order valence-electron chi connectivity index (χ2n) is 10.1. The summed E-state index contributed by atoms with van der Waals surface area (Å²) in [6, 6.07) is 5.95. The molecule has 0 N–H and O–H groups in total. The Bertz CT molecular complexity index is 1380. The molecule has 0 aliphatic carbocycles. The van der Waals surface area contributed by atoms with E-state index in [-0.39, 0.29) is 50.1 Å². The van der Waals surface area contributed by atoms with Gasteiger partial charge in [-0.25, -0.2) is 13.2 Å². The van der Waals surface area contributed by atoms with Crippen LogP contribution in [0.15, 0.2) is 29.2 Å². The van der Waals surface area contributed by atoms with Crippen molar-refractivity contribution < 1.29 is 32.2 Å². The van der Waals surface area contributed by atoms with Gasteiger partial charge in [-0.1, -0.05) is 37.0 Å². The molecule has 9 nitrogen and oxygen atoms in total. The van der Waals surface area contributed by atoms with E-state index in [0.717, 1.165) is 32.4 Å². The van der Waals surface area contributed by atoms with E-state index in [1.807, 2.05) is 13.8 Å². The van der Waals surface area contributed by atoms with Gasteiger partial charge in [-0.2, -0.15) is 4.31 Å². The third kappa shape index (κ3) is 6.46. The lowest BCUT2D eigenvalue weighted by Crippen LogP contribution is -2.33. The maximum absolute atomic E-state index is 13.2. The van der Waals surface area contributed by atoms with Crippen molar-refractivity contribution in [3.8, 4) is 11.5 Å². The second kappa shape index (κ2) is 13.2. The van der Waals surface area contributed by atoms with E-state index in [9.17, 15) is 18.0 Å². The van der Waals surface area contributed by atoms with Gasteiger partial charge in [-0.05, 0) is 75.0 Å². The summed E-state index contributed by atoms with van der Waals surface area (Å²) in [7, 11) is -0.766.